The van der Waals surface area contributed by atoms with Crippen LogP contribution >= 0.6 is 11.6 Å². The van der Waals surface area contributed by atoms with Gasteiger partial charge in [0.05, 0.1) is 19.7 Å². The largest absolute Gasteiger partial charge is 0.493 e. The molecule has 0 atom stereocenters. The first-order chi connectivity index (χ1) is 12.7. The summed E-state index contributed by atoms with van der Waals surface area (Å²) in [6.07, 6.45) is 0. The van der Waals surface area contributed by atoms with Crippen molar-refractivity contribution >= 4 is 34.0 Å². The fraction of sp³-hybridized carbons (Fsp3) is 0.222. The highest BCUT2D eigenvalue weighted by Gasteiger charge is 2.15. The highest BCUT2D eigenvalue weighted by Crippen LogP contribution is 2.37. The summed E-state index contributed by atoms with van der Waals surface area (Å²) in [6, 6.07) is 9.17. The van der Waals surface area contributed by atoms with Crippen LogP contribution in [0, 0.1) is 0 Å². The number of fused-ring (bicyclic) bond motifs is 2. The van der Waals surface area contributed by atoms with E-state index in [1.54, 1.807) is 20.3 Å². The Bertz CT molecular complexity index is 980. The topological polar surface area (TPSA) is 74.7 Å². The SMILES string of the molecule is COc1cc2nc(Cl)nc(Nc3ccc4c(c3)OCCO4)c2cc1OC. The lowest BCUT2D eigenvalue weighted by molar-refractivity contribution is 0.171. The first kappa shape index (κ1) is 16.5. The summed E-state index contributed by atoms with van der Waals surface area (Å²) < 4.78 is 21.9. The Kier molecular flexibility index (Phi) is 4.30. The van der Waals surface area contributed by atoms with Crippen molar-refractivity contribution in [2.75, 3.05) is 32.8 Å². The van der Waals surface area contributed by atoms with E-state index in [1.165, 1.54) is 0 Å². The molecule has 26 heavy (non-hydrogen) atoms. The summed E-state index contributed by atoms with van der Waals surface area (Å²) in [6.45, 7) is 1.07. The number of aromatic nitrogens is 2. The van der Waals surface area contributed by atoms with Crippen molar-refractivity contribution in [1.82, 2.24) is 9.97 Å². The van der Waals surface area contributed by atoms with Crippen LogP contribution in [0.3, 0.4) is 0 Å². The summed E-state index contributed by atoms with van der Waals surface area (Å²) in [5.74, 6) is 3.11. The number of nitrogens with zero attached hydrogens (tertiary/aromatic N) is 2. The zero-order chi connectivity index (χ0) is 18.1. The van der Waals surface area contributed by atoms with Gasteiger partial charge in [0, 0.05) is 23.2 Å². The third kappa shape index (κ3) is 3.01. The first-order valence-electron chi connectivity index (χ1n) is 7.94. The van der Waals surface area contributed by atoms with Crippen LogP contribution in [0.2, 0.25) is 5.28 Å². The number of hydrogen-bond donors (Lipinski definition) is 1. The summed E-state index contributed by atoms with van der Waals surface area (Å²) >= 11 is 6.10. The second kappa shape index (κ2) is 6.76. The lowest BCUT2D eigenvalue weighted by Crippen LogP contribution is -2.15. The molecule has 0 radical (unpaired) electrons. The molecule has 0 fully saturated rings. The van der Waals surface area contributed by atoms with Crippen molar-refractivity contribution in [3.63, 3.8) is 0 Å². The molecule has 0 unspecified atom stereocenters. The Morgan fingerprint density at radius 1 is 0.962 bits per heavy atom. The van der Waals surface area contributed by atoms with Gasteiger partial charge in [0.2, 0.25) is 5.28 Å². The van der Waals surface area contributed by atoms with Crippen molar-refractivity contribution < 1.29 is 18.9 Å². The number of ether oxygens (including phenoxy) is 4. The molecule has 0 saturated heterocycles. The molecule has 3 aromatic rings. The van der Waals surface area contributed by atoms with Crippen molar-refractivity contribution in [3.05, 3.63) is 35.6 Å². The van der Waals surface area contributed by atoms with E-state index >= 15 is 0 Å². The standard InChI is InChI=1S/C18H16ClN3O4/c1-23-14-8-11-12(9-15(14)24-2)21-18(19)22-17(11)20-10-3-4-13-16(7-10)26-6-5-25-13/h3-4,7-9H,5-6H2,1-2H3,(H,20,21,22). The second-order valence-corrected chi connectivity index (χ2v) is 5.89. The molecule has 1 aliphatic rings. The van der Waals surface area contributed by atoms with Crippen molar-refractivity contribution in [1.29, 1.82) is 0 Å². The number of hydrogen-bond acceptors (Lipinski definition) is 7. The number of benzene rings is 2. The molecule has 1 N–H and O–H groups in total. The number of rotatable bonds is 4. The van der Waals surface area contributed by atoms with Crippen molar-refractivity contribution in [2.24, 2.45) is 0 Å². The molecular formula is C18H16ClN3O4. The zero-order valence-corrected chi connectivity index (χ0v) is 15.0. The summed E-state index contributed by atoms with van der Waals surface area (Å²) in [5.41, 5.74) is 1.43. The van der Waals surface area contributed by atoms with Crippen LogP contribution in [0.5, 0.6) is 23.0 Å². The molecule has 2 aromatic carbocycles. The van der Waals surface area contributed by atoms with Gasteiger partial charge < -0.3 is 24.3 Å². The third-order valence-electron chi connectivity index (χ3n) is 3.98. The molecular weight excluding hydrogens is 358 g/mol. The fourth-order valence-corrected chi connectivity index (χ4v) is 2.96. The Balaban J connectivity index is 1.78. The van der Waals surface area contributed by atoms with Gasteiger partial charge in [-0.25, -0.2) is 4.98 Å². The summed E-state index contributed by atoms with van der Waals surface area (Å²) in [4.78, 5) is 8.58. The molecule has 0 amide bonds. The van der Waals surface area contributed by atoms with Gasteiger partial charge in [-0.15, -0.1) is 0 Å². The highest BCUT2D eigenvalue weighted by molar-refractivity contribution is 6.28. The van der Waals surface area contributed by atoms with Gasteiger partial charge in [-0.1, -0.05) is 0 Å². The zero-order valence-electron chi connectivity index (χ0n) is 14.2. The maximum Gasteiger partial charge on any atom is 0.224 e. The minimum atomic E-state index is 0.129. The molecule has 7 nitrogen and oxygen atoms in total. The lowest BCUT2D eigenvalue weighted by Gasteiger charge is -2.19. The summed E-state index contributed by atoms with van der Waals surface area (Å²) in [5, 5.41) is 4.14. The van der Waals surface area contributed by atoms with E-state index in [0.717, 1.165) is 16.8 Å². The fourth-order valence-electron chi connectivity index (χ4n) is 2.78. The van der Waals surface area contributed by atoms with Crippen molar-refractivity contribution in [3.8, 4) is 23.0 Å². The van der Waals surface area contributed by atoms with E-state index in [1.807, 2.05) is 24.3 Å². The first-order valence-corrected chi connectivity index (χ1v) is 8.31. The van der Waals surface area contributed by atoms with Crippen LogP contribution in [0.15, 0.2) is 30.3 Å². The van der Waals surface area contributed by atoms with Crippen LogP contribution < -0.4 is 24.3 Å². The van der Waals surface area contributed by atoms with Gasteiger partial charge >= 0.3 is 0 Å². The van der Waals surface area contributed by atoms with Gasteiger partial charge in [0.15, 0.2) is 23.0 Å². The third-order valence-corrected chi connectivity index (χ3v) is 4.15. The molecule has 8 heteroatoms. The van der Waals surface area contributed by atoms with E-state index < -0.39 is 0 Å². The van der Waals surface area contributed by atoms with E-state index in [0.29, 0.717) is 41.8 Å². The van der Waals surface area contributed by atoms with E-state index in [9.17, 15) is 0 Å². The van der Waals surface area contributed by atoms with Gasteiger partial charge in [-0.2, -0.15) is 4.98 Å². The average molecular weight is 374 g/mol. The van der Waals surface area contributed by atoms with Crippen LogP contribution in [0.4, 0.5) is 11.5 Å². The second-order valence-electron chi connectivity index (χ2n) is 5.55. The van der Waals surface area contributed by atoms with Gasteiger partial charge in [0.25, 0.3) is 0 Å². The maximum absolute atomic E-state index is 6.10. The lowest BCUT2D eigenvalue weighted by atomic mass is 10.2. The van der Waals surface area contributed by atoms with Crippen LogP contribution in [-0.2, 0) is 0 Å². The van der Waals surface area contributed by atoms with Crippen molar-refractivity contribution in [2.45, 2.75) is 0 Å². The minimum Gasteiger partial charge on any atom is -0.493 e. The number of methoxy groups -OCH3 is 2. The Hall–Kier alpha value is -2.93. The molecule has 0 spiro atoms. The highest BCUT2D eigenvalue weighted by atomic mass is 35.5. The molecule has 0 bridgehead atoms. The molecule has 0 aliphatic carbocycles. The van der Waals surface area contributed by atoms with Crippen LogP contribution in [-0.4, -0.2) is 37.4 Å². The monoisotopic (exact) mass is 373 g/mol. The quantitative estimate of drug-likeness (QED) is 0.697. The Morgan fingerprint density at radius 3 is 2.46 bits per heavy atom. The molecule has 4 rings (SSSR count). The Labute approximate surface area is 154 Å². The minimum absolute atomic E-state index is 0.129. The van der Waals surface area contributed by atoms with Gasteiger partial charge in [-0.3, -0.25) is 0 Å². The molecule has 0 saturated carbocycles. The molecule has 2 heterocycles. The van der Waals surface area contributed by atoms with E-state index in [-0.39, 0.29) is 5.28 Å². The molecule has 134 valence electrons. The summed E-state index contributed by atoms with van der Waals surface area (Å²) in [7, 11) is 3.15. The smallest absolute Gasteiger partial charge is 0.224 e. The predicted octanol–water partition coefficient (Wildman–Crippen LogP) is 3.82. The van der Waals surface area contributed by atoms with Crippen LogP contribution in [0.1, 0.15) is 0 Å². The average Bonchev–Trinajstić information content (AvgIpc) is 2.66. The normalized spacial score (nSPS) is 12.7. The molecule has 1 aliphatic heterocycles. The number of halogens is 1. The van der Waals surface area contributed by atoms with Gasteiger partial charge in [-0.05, 0) is 29.8 Å². The Morgan fingerprint density at radius 2 is 1.69 bits per heavy atom. The molecule has 1 aromatic heterocycles. The van der Waals surface area contributed by atoms with Gasteiger partial charge in [0.1, 0.15) is 19.0 Å². The maximum atomic E-state index is 6.10. The van der Waals surface area contributed by atoms with E-state index in [4.69, 9.17) is 30.5 Å². The van der Waals surface area contributed by atoms with E-state index in [2.05, 4.69) is 15.3 Å². The van der Waals surface area contributed by atoms with Crippen LogP contribution in [0.25, 0.3) is 10.9 Å². The number of anilines is 2. The predicted molar refractivity (Wildman–Crippen MR) is 98.4 cm³/mol. The number of nitrogens with one attached hydrogen (secondary N) is 1.